The molecule has 2 N–H and O–H groups in total. The first-order valence-electron chi connectivity index (χ1n) is 19.2. The molecule has 0 radical (unpaired) electrons. The van der Waals surface area contributed by atoms with Crippen LogP contribution >= 0.6 is 31.9 Å². The van der Waals surface area contributed by atoms with E-state index in [4.69, 9.17) is 13.9 Å². The second-order valence-electron chi connectivity index (χ2n) is 14.6. The van der Waals surface area contributed by atoms with Gasteiger partial charge in [0.1, 0.15) is 11.2 Å². The highest BCUT2D eigenvalue weighted by molar-refractivity contribution is 9.10. The van der Waals surface area contributed by atoms with Gasteiger partial charge in [-0.3, -0.25) is 20.4 Å². The molecule has 0 unspecified atom stereocenters. The van der Waals surface area contributed by atoms with Crippen molar-refractivity contribution in [2.24, 2.45) is 0 Å². The third-order valence-electron chi connectivity index (χ3n) is 10.6. The Morgan fingerprint density at radius 3 is 1.59 bits per heavy atom. The van der Waals surface area contributed by atoms with Gasteiger partial charge in [-0.1, -0.05) is 117 Å². The van der Waals surface area contributed by atoms with Gasteiger partial charge in [-0.15, -0.1) is 10.2 Å². The standard InChI is InChI=1S/C22H24BrN3O4.C22H22BrN3O3/c1-15(17-8-10-19(23)11-9-17)26-13-12-22(30-21(26)29,18-6-4-3-5-7-18)14-20(28)25-24-16(2)27;1-15(17-8-10-19(23)11-9-17)26-13-12-22(29-21(26)27,18-6-4-3-5-7-18)14-20-25-24-16(2)28-20/h3-11,15H,12-14H2,1-2H3,(H,24,27)(H,25,28);3-11,15H,12-14H2,1-2H3/t2*15-,22-/m00/s1. The van der Waals surface area contributed by atoms with E-state index in [-0.39, 0.29) is 30.5 Å². The summed E-state index contributed by atoms with van der Waals surface area (Å²) in [6.45, 7) is 8.01. The number of cyclic esters (lactones) is 2. The fourth-order valence-corrected chi connectivity index (χ4v) is 7.87. The summed E-state index contributed by atoms with van der Waals surface area (Å²) in [5, 5.41) is 8.03. The Labute approximate surface area is 360 Å². The predicted molar refractivity (Wildman–Crippen MR) is 226 cm³/mol. The number of benzene rings is 4. The number of nitrogens with one attached hydrogen (secondary N) is 2. The number of carbonyl (C=O) groups excluding carboxylic acids is 4. The second-order valence-corrected chi connectivity index (χ2v) is 16.4. The Hall–Kier alpha value is -5.54. The third kappa shape index (κ3) is 10.6. The maximum Gasteiger partial charge on any atom is 0.411 e. The molecule has 0 bridgehead atoms. The van der Waals surface area contributed by atoms with Crippen LogP contribution in [-0.2, 0) is 36.7 Å². The molecular weight excluding hydrogens is 884 g/mol. The van der Waals surface area contributed by atoms with Crippen LogP contribution in [0.4, 0.5) is 9.59 Å². The molecule has 2 aliphatic rings. The van der Waals surface area contributed by atoms with E-state index in [1.54, 1.807) is 16.7 Å². The number of hydrogen-bond donors (Lipinski definition) is 2. The van der Waals surface area contributed by atoms with E-state index in [1.807, 2.05) is 123 Å². The van der Waals surface area contributed by atoms with E-state index in [9.17, 15) is 19.2 Å². The van der Waals surface area contributed by atoms with Gasteiger partial charge >= 0.3 is 12.2 Å². The Kier molecular flexibility index (Phi) is 13.9. The third-order valence-corrected chi connectivity index (χ3v) is 11.7. The summed E-state index contributed by atoms with van der Waals surface area (Å²) in [6.07, 6.45) is 0.509. The second kappa shape index (κ2) is 19.0. The van der Waals surface area contributed by atoms with E-state index < -0.39 is 23.2 Å². The van der Waals surface area contributed by atoms with Gasteiger partial charge < -0.3 is 23.7 Å². The molecule has 15 heteroatoms. The summed E-state index contributed by atoms with van der Waals surface area (Å²) in [6, 6.07) is 34.5. The molecule has 4 aromatic carbocycles. The molecular formula is C44H46Br2N6O7. The van der Waals surface area contributed by atoms with Crippen LogP contribution in [0.15, 0.2) is 123 Å². The smallest absolute Gasteiger partial charge is 0.411 e. The van der Waals surface area contributed by atoms with Gasteiger partial charge in [-0.2, -0.15) is 0 Å². The van der Waals surface area contributed by atoms with Crippen molar-refractivity contribution in [1.29, 1.82) is 0 Å². The minimum Gasteiger partial charge on any atom is -0.437 e. The molecule has 7 rings (SSSR count). The molecule has 0 saturated carbocycles. The SMILES string of the molecule is CC(=O)NNC(=O)C[C@]1(c2ccccc2)CCN([C@@H](C)c2ccc(Br)cc2)C(=O)O1.Cc1nnc(C[C@]2(c3ccccc3)CCN([C@@H](C)c3ccc(Br)cc3)C(=O)O2)o1. The van der Waals surface area contributed by atoms with Crippen molar-refractivity contribution in [3.8, 4) is 0 Å². The highest BCUT2D eigenvalue weighted by Gasteiger charge is 2.46. The van der Waals surface area contributed by atoms with Crippen molar-refractivity contribution < 1.29 is 33.1 Å². The number of rotatable bonds is 10. The average molecular weight is 931 g/mol. The van der Waals surface area contributed by atoms with Gasteiger partial charge in [0, 0.05) is 48.7 Å². The monoisotopic (exact) mass is 928 g/mol. The topological polar surface area (TPSA) is 156 Å². The number of amides is 4. The number of halogens is 2. The first kappa shape index (κ1) is 43.0. The molecule has 13 nitrogen and oxygen atoms in total. The number of ether oxygens (including phenoxy) is 2. The maximum atomic E-state index is 13.1. The first-order chi connectivity index (χ1) is 28.3. The molecule has 3 heterocycles. The molecule has 0 aliphatic carbocycles. The Morgan fingerprint density at radius 1 is 0.695 bits per heavy atom. The number of aromatic nitrogens is 2. The molecule has 4 amide bonds. The zero-order valence-corrected chi connectivity index (χ0v) is 36.4. The zero-order valence-electron chi connectivity index (χ0n) is 33.2. The molecule has 4 atom stereocenters. The molecule has 59 heavy (non-hydrogen) atoms. The minimum absolute atomic E-state index is 0.0879. The van der Waals surface area contributed by atoms with Gasteiger partial charge in [0.15, 0.2) is 0 Å². The summed E-state index contributed by atoms with van der Waals surface area (Å²) in [7, 11) is 0. The molecule has 308 valence electrons. The van der Waals surface area contributed by atoms with Crippen LogP contribution in [0.3, 0.4) is 0 Å². The van der Waals surface area contributed by atoms with Crippen molar-refractivity contribution in [1.82, 2.24) is 30.8 Å². The summed E-state index contributed by atoms with van der Waals surface area (Å²) >= 11 is 6.87. The Balaban J connectivity index is 0.000000198. The molecule has 0 spiro atoms. The lowest BCUT2D eigenvalue weighted by Crippen LogP contribution is -2.51. The number of hydrazine groups is 1. The maximum absolute atomic E-state index is 13.1. The quantitative estimate of drug-likeness (QED) is 0.131. The molecule has 5 aromatic rings. The van der Waals surface area contributed by atoms with Crippen LogP contribution in [0.2, 0.25) is 0 Å². The summed E-state index contributed by atoms with van der Waals surface area (Å²) in [5.74, 6) is 0.146. The first-order valence-corrected chi connectivity index (χ1v) is 20.8. The van der Waals surface area contributed by atoms with E-state index in [0.29, 0.717) is 44.1 Å². The lowest BCUT2D eigenvalue weighted by atomic mass is 9.85. The largest absolute Gasteiger partial charge is 0.437 e. The van der Waals surface area contributed by atoms with E-state index in [0.717, 1.165) is 31.2 Å². The number of hydrogen-bond acceptors (Lipinski definition) is 9. The van der Waals surface area contributed by atoms with E-state index in [2.05, 4.69) is 52.9 Å². The molecule has 1 aromatic heterocycles. The Bertz CT molecular complexity index is 2230. The van der Waals surface area contributed by atoms with Crippen LogP contribution in [0, 0.1) is 6.92 Å². The Morgan fingerprint density at radius 2 is 1.15 bits per heavy atom. The summed E-state index contributed by atoms with van der Waals surface area (Å²) in [4.78, 5) is 53.1. The van der Waals surface area contributed by atoms with Crippen molar-refractivity contribution in [2.75, 3.05) is 13.1 Å². The van der Waals surface area contributed by atoms with Crippen LogP contribution in [0.25, 0.3) is 0 Å². The summed E-state index contributed by atoms with van der Waals surface area (Å²) in [5.41, 5.74) is 6.43. The lowest BCUT2D eigenvalue weighted by Gasteiger charge is -2.43. The van der Waals surface area contributed by atoms with Crippen molar-refractivity contribution in [2.45, 2.75) is 76.7 Å². The molecule has 2 saturated heterocycles. The summed E-state index contributed by atoms with van der Waals surface area (Å²) < 4.78 is 19.6. The number of aryl methyl sites for hydroxylation is 1. The highest BCUT2D eigenvalue weighted by Crippen LogP contribution is 2.41. The van der Waals surface area contributed by atoms with Gasteiger partial charge in [-0.05, 0) is 60.4 Å². The van der Waals surface area contributed by atoms with E-state index in [1.165, 1.54) is 6.92 Å². The van der Waals surface area contributed by atoms with Crippen LogP contribution < -0.4 is 10.9 Å². The van der Waals surface area contributed by atoms with Crippen LogP contribution in [0.5, 0.6) is 0 Å². The van der Waals surface area contributed by atoms with E-state index >= 15 is 0 Å². The van der Waals surface area contributed by atoms with Crippen LogP contribution in [0.1, 0.15) is 86.2 Å². The van der Waals surface area contributed by atoms with Gasteiger partial charge in [0.2, 0.25) is 23.6 Å². The lowest BCUT2D eigenvalue weighted by molar-refractivity contribution is -0.134. The number of carbonyl (C=O) groups is 4. The molecule has 2 aliphatic heterocycles. The minimum atomic E-state index is -1.10. The zero-order chi connectivity index (χ0) is 42.2. The van der Waals surface area contributed by atoms with Crippen LogP contribution in [-0.4, -0.2) is 57.1 Å². The number of nitrogens with zero attached hydrogens (tertiary/aromatic N) is 4. The van der Waals surface area contributed by atoms with Gasteiger partial charge in [-0.25, -0.2) is 9.59 Å². The fraction of sp³-hybridized carbons (Fsp3) is 0.318. The van der Waals surface area contributed by atoms with Crippen molar-refractivity contribution in [3.63, 3.8) is 0 Å². The van der Waals surface area contributed by atoms with Crippen molar-refractivity contribution in [3.05, 3.63) is 152 Å². The highest BCUT2D eigenvalue weighted by atomic mass is 79.9. The molecule has 2 fully saturated rings. The fourth-order valence-electron chi connectivity index (χ4n) is 7.34. The van der Waals surface area contributed by atoms with Gasteiger partial charge in [0.25, 0.3) is 0 Å². The normalized spacial score (nSPS) is 20.0. The van der Waals surface area contributed by atoms with Gasteiger partial charge in [0.05, 0.1) is 24.9 Å². The average Bonchev–Trinajstić information content (AvgIpc) is 3.64. The predicted octanol–water partition coefficient (Wildman–Crippen LogP) is 8.99. The van der Waals surface area contributed by atoms with Crippen molar-refractivity contribution >= 4 is 55.9 Å².